The minimum Gasteiger partial charge on any atom is -0.207 e. The SMILES string of the molecule is Fc1ccc(C=Cc2ccc(C=Cc3ccc(C=Cc4ccc(F)cc4)cc3)cc2)cc1. The van der Waals surface area contributed by atoms with Gasteiger partial charge < -0.3 is 0 Å². The maximum atomic E-state index is 13.0. The van der Waals surface area contributed by atoms with Gasteiger partial charge in [0.05, 0.1) is 0 Å². The van der Waals surface area contributed by atoms with Crippen molar-refractivity contribution in [2.45, 2.75) is 0 Å². The molecule has 0 aliphatic carbocycles. The molecule has 0 aliphatic heterocycles. The van der Waals surface area contributed by atoms with Crippen molar-refractivity contribution >= 4 is 36.5 Å². The van der Waals surface area contributed by atoms with Gasteiger partial charge in [0, 0.05) is 0 Å². The van der Waals surface area contributed by atoms with E-state index in [9.17, 15) is 8.78 Å². The molecule has 4 rings (SSSR count). The average molecular weight is 421 g/mol. The molecule has 32 heavy (non-hydrogen) atoms. The van der Waals surface area contributed by atoms with Gasteiger partial charge in [0.25, 0.3) is 0 Å². The van der Waals surface area contributed by atoms with E-state index in [1.54, 1.807) is 24.3 Å². The Bertz CT molecular complexity index is 1130. The summed E-state index contributed by atoms with van der Waals surface area (Å²) in [6, 6.07) is 29.4. The van der Waals surface area contributed by atoms with Gasteiger partial charge in [-0.15, -0.1) is 0 Å². The van der Waals surface area contributed by atoms with Gasteiger partial charge in [-0.05, 0) is 57.6 Å². The molecule has 4 aromatic rings. The Morgan fingerprint density at radius 1 is 0.281 bits per heavy atom. The minimum absolute atomic E-state index is 0.227. The van der Waals surface area contributed by atoms with Crippen molar-refractivity contribution in [3.63, 3.8) is 0 Å². The summed E-state index contributed by atoms with van der Waals surface area (Å²) in [5.41, 5.74) is 6.33. The monoisotopic (exact) mass is 420 g/mol. The lowest BCUT2D eigenvalue weighted by atomic mass is 10.1. The van der Waals surface area contributed by atoms with Crippen molar-refractivity contribution in [2.75, 3.05) is 0 Å². The van der Waals surface area contributed by atoms with Crippen LogP contribution in [0.1, 0.15) is 33.4 Å². The van der Waals surface area contributed by atoms with Crippen molar-refractivity contribution < 1.29 is 8.78 Å². The lowest BCUT2D eigenvalue weighted by Gasteiger charge is -1.99. The molecule has 0 unspecified atom stereocenters. The van der Waals surface area contributed by atoms with Crippen LogP contribution in [0.5, 0.6) is 0 Å². The smallest absolute Gasteiger partial charge is 0.123 e. The highest BCUT2D eigenvalue weighted by Gasteiger charge is 1.94. The number of benzene rings is 4. The minimum atomic E-state index is -0.227. The van der Waals surface area contributed by atoms with Crippen LogP contribution in [0.3, 0.4) is 0 Å². The average Bonchev–Trinajstić information content (AvgIpc) is 2.83. The second-order valence-electron chi connectivity index (χ2n) is 7.44. The predicted molar refractivity (Wildman–Crippen MR) is 132 cm³/mol. The predicted octanol–water partition coefficient (Wildman–Crippen LogP) is 8.48. The molecule has 0 bridgehead atoms. The summed E-state index contributed by atoms with van der Waals surface area (Å²) < 4.78 is 26.0. The van der Waals surface area contributed by atoms with Gasteiger partial charge in [-0.25, -0.2) is 8.78 Å². The van der Waals surface area contributed by atoms with E-state index in [4.69, 9.17) is 0 Å². The highest BCUT2D eigenvalue weighted by atomic mass is 19.1. The molecule has 0 saturated carbocycles. The van der Waals surface area contributed by atoms with E-state index in [0.29, 0.717) is 0 Å². The molecule has 2 heteroatoms. The van der Waals surface area contributed by atoms with Gasteiger partial charge in [0.15, 0.2) is 0 Å². The van der Waals surface area contributed by atoms with Gasteiger partial charge in [0.2, 0.25) is 0 Å². The zero-order valence-electron chi connectivity index (χ0n) is 17.5. The zero-order valence-corrected chi connectivity index (χ0v) is 17.5. The van der Waals surface area contributed by atoms with Gasteiger partial charge >= 0.3 is 0 Å². The maximum Gasteiger partial charge on any atom is 0.123 e. The molecule has 0 atom stereocenters. The van der Waals surface area contributed by atoms with E-state index >= 15 is 0 Å². The Labute approximate surface area is 187 Å². The number of hydrogen-bond acceptors (Lipinski definition) is 0. The third-order valence-electron chi connectivity index (χ3n) is 5.02. The molecule has 0 radical (unpaired) electrons. The molecular weight excluding hydrogens is 398 g/mol. The Kier molecular flexibility index (Phi) is 6.84. The fraction of sp³-hybridized carbons (Fsp3) is 0. The van der Waals surface area contributed by atoms with E-state index in [0.717, 1.165) is 33.4 Å². The zero-order chi connectivity index (χ0) is 22.2. The van der Waals surface area contributed by atoms with E-state index in [2.05, 4.69) is 60.7 Å². The molecule has 4 aromatic carbocycles. The van der Waals surface area contributed by atoms with Crippen molar-refractivity contribution in [1.82, 2.24) is 0 Å². The lowest BCUT2D eigenvalue weighted by molar-refractivity contribution is 0.627. The second-order valence-corrected chi connectivity index (χ2v) is 7.44. The third-order valence-corrected chi connectivity index (χ3v) is 5.02. The molecular formula is C30H22F2. The Balaban J connectivity index is 1.35. The second kappa shape index (κ2) is 10.3. The molecule has 0 amide bonds. The number of halogens is 2. The molecule has 0 spiro atoms. The molecule has 156 valence electrons. The van der Waals surface area contributed by atoms with Crippen LogP contribution in [0.25, 0.3) is 36.5 Å². The van der Waals surface area contributed by atoms with Gasteiger partial charge in [-0.2, -0.15) is 0 Å². The fourth-order valence-electron chi connectivity index (χ4n) is 3.16. The van der Waals surface area contributed by atoms with E-state index in [-0.39, 0.29) is 11.6 Å². The first-order chi connectivity index (χ1) is 15.6. The van der Waals surface area contributed by atoms with Crippen molar-refractivity contribution in [3.05, 3.63) is 142 Å². The maximum absolute atomic E-state index is 13.0. The van der Waals surface area contributed by atoms with Gasteiger partial charge in [-0.1, -0.05) is 109 Å². The van der Waals surface area contributed by atoms with Crippen LogP contribution in [0.15, 0.2) is 97.1 Å². The quantitative estimate of drug-likeness (QED) is 0.274. The molecule has 0 aromatic heterocycles. The Morgan fingerprint density at radius 3 is 0.625 bits per heavy atom. The lowest BCUT2D eigenvalue weighted by Crippen LogP contribution is -1.78. The first-order valence-electron chi connectivity index (χ1n) is 10.4. The highest BCUT2D eigenvalue weighted by Crippen LogP contribution is 2.15. The normalized spacial score (nSPS) is 11.7. The van der Waals surface area contributed by atoms with Crippen LogP contribution >= 0.6 is 0 Å². The summed E-state index contributed by atoms with van der Waals surface area (Å²) in [6.07, 6.45) is 12.1. The summed E-state index contributed by atoms with van der Waals surface area (Å²) in [7, 11) is 0. The van der Waals surface area contributed by atoms with E-state index in [1.807, 2.05) is 24.3 Å². The summed E-state index contributed by atoms with van der Waals surface area (Å²) in [4.78, 5) is 0. The van der Waals surface area contributed by atoms with Crippen LogP contribution in [0.4, 0.5) is 8.78 Å². The topological polar surface area (TPSA) is 0 Å². The van der Waals surface area contributed by atoms with E-state index < -0.39 is 0 Å². The first-order valence-corrected chi connectivity index (χ1v) is 10.4. The van der Waals surface area contributed by atoms with Crippen LogP contribution < -0.4 is 0 Å². The van der Waals surface area contributed by atoms with Gasteiger partial charge in [0.1, 0.15) is 11.6 Å². The van der Waals surface area contributed by atoms with Crippen LogP contribution in [0.2, 0.25) is 0 Å². The largest absolute Gasteiger partial charge is 0.207 e. The number of rotatable bonds is 6. The summed E-state index contributed by atoms with van der Waals surface area (Å²) in [5, 5.41) is 0. The van der Waals surface area contributed by atoms with Crippen molar-refractivity contribution in [3.8, 4) is 0 Å². The molecule has 0 aliphatic rings. The van der Waals surface area contributed by atoms with Crippen LogP contribution in [-0.4, -0.2) is 0 Å². The summed E-state index contributed by atoms with van der Waals surface area (Å²) in [5.74, 6) is -0.455. The Morgan fingerprint density at radius 2 is 0.438 bits per heavy atom. The molecule has 0 nitrogen and oxygen atoms in total. The molecule has 0 N–H and O–H groups in total. The van der Waals surface area contributed by atoms with Crippen molar-refractivity contribution in [1.29, 1.82) is 0 Å². The van der Waals surface area contributed by atoms with Gasteiger partial charge in [-0.3, -0.25) is 0 Å². The standard InChI is InChI=1S/C30H22F2/c31-29-19-15-27(16-20-29)13-11-25-7-3-23(4-8-25)1-2-24-5-9-26(10-6-24)12-14-28-17-21-30(32)22-18-28/h1-22H. The van der Waals surface area contributed by atoms with Crippen LogP contribution in [0, 0.1) is 11.6 Å². The van der Waals surface area contributed by atoms with Crippen molar-refractivity contribution in [2.24, 2.45) is 0 Å². The number of hydrogen-bond donors (Lipinski definition) is 0. The molecule has 0 saturated heterocycles. The molecule has 0 fully saturated rings. The summed E-state index contributed by atoms with van der Waals surface area (Å²) in [6.45, 7) is 0. The van der Waals surface area contributed by atoms with Crippen LogP contribution in [-0.2, 0) is 0 Å². The fourth-order valence-corrected chi connectivity index (χ4v) is 3.16. The Hall–Kier alpha value is -4.04. The highest BCUT2D eigenvalue weighted by molar-refractivity contribution is 5.74. The molecule has 0 heterocycles. The summed E-state index contributed by atoms with van der Waals surface area (Å²) >= 11 is 0. The van der Waals surface area contributed by atoms with E-state index in [1.165, 1.54) is 24.3 Å². The third kappa shape index (κ3) is 6.23. The first kappa shape index (κ1) is 21.2.